The molecule has 4 N–H and O–H groups in total. The Hall–Kier alpha value is -3.35. The van der Waals surface area contributed by atoms with Crippen LogP contribution in [-0.2, 0) is 18.3 Å². The van der Waals surface area contributed by atoms with Gasteiger partial charge in [-0.15, -0.1) is 0 Å². The Kier molecular flexibility index (Phi) is 6.79. The van der Waals surface area contributed by atoms with Crippen LogP contribution < -0.4 is 5.32 Å². The molecule has 1 heterocycles. The number of hydrogen-bond donors (Lipinski definition) is 4. The number of aliphatic hydroxyl groups is 1. The fraction of sp³-hybridized carbons (Fsp3) is 0.457. The number of aliphatic hydroxyl groups excluding tert-OH is 1. The number of phenols is 2. The maximum absolute atomic E-state index is 13.3. The summed E-state index contributed by atoms with van der Waals surface area (Å²) in [5, 5.41) is 35.0. The number of carbonyl (C=O) groups is 1. The number of hydrogen-bond acceptors (Lipinski definition) is 5. The molecule has 2 bridgehead atoms. The summed E-state index contributed by atoms with van der Waals surface area (Å²) in [5.41, 5.74) is 5.42. The Morgan fingerprint density at radius 3 is 2.39 bits per heavy atom. The molecular formula is C35H40N2O4. The lowest BCUT2D eigenvalue weighted by Crippen LogP contribution is -2.62. The molecule has 4 unspecified atom stereocenters. The van der Waals surface area contributed by atoms with Crippen molar-refractivity contribution in [2.75, 3.05) is 19.6 Å². The summed E-state index contributed by atoms with van der Waals surface area (Å²) in [6.45, 7) is 2.66. The van der Waals surface area contributed by atoms with Crippen LogP contribution in [0.2, 0.25) is 0 Å². The van der Waals surface area contributed by atoms with E-state index in [2.05, 4.69) is 40.5 Å². The van der Waals surface area contributed by atoms with E-state index in [1.54, 1.807) is 18.2 Å². The van der Waals surface area contributed by atoms with Crippen LogP contribution in [0.25, 0.3) is 11.1 Å². The minimum atomic E-state index is -0.356. The van der Waals surface area contributed by atoms with Crippen LogP contribution in [-0.4, -0.2) is 57.9 Å². The standard InChI is InChI=1S/C35H40N2O4/c38-27-10-7-25(8-11-27)24-5-3-22(4-6-24)15-17-36-34(41)29-13-9-26-19-31-30-14-12-28(39)20-35(30,32(26)33(29)40)16-18-37(31)21-23-1-2-23/h3-11,13,23,28,30-31,38-40H,1-2,12,14-21H2,(H,36,41). The second-order valence-corrected chi connectivity index (χ2v) is 12.9. The minimum Gasteiger partial charge on any atom is -0.508 e. The van der Waals surface area contributed by atoms with Crippen molar-refractivity contribution in [3.63, 3.8) is 0 Å². The Balaban J connectivity index is 1.07. The van der Waals surface area contributed by atoms with Crippen molar-refractivity contribution < 1.29 is 20.1 Å². The van der Waals surface area contributed by atoms with Gasteiger partial charge in [0.2, 0.25) is 0 Å². The summed E-state index contributed by atoms with van der Waals surface area (Å²) < 4.78 is 0. The van der Waals surface area contributed by atoms with Gasteiger partial charge in [-0.3, -0.25) is 9.69 Å². The predicted molar refractivity (Wildman–Crippen MR) is 159 cm³/mol. The van der Waals surface area contributed by atoms with Crippen molar-refractivity contribution in [1.29, 1.82) is 0 Å². The van der Waals surface area contributed by atoms with Gasteiger partial charge in [0.25, 0.3) is 5.91 Å². The molecule has 1 amide bonds. The number of nitrogens with zero attached hydrogens (tertiary/aromatic N) is 1. The van der Waals surface area contributed by atoms with Crippen molar-refractivity contribution in [3.05, 3.63) is 82.9 Å². The number of piperidine rings is 1. The maximum Gasteiger partial charge on any atom is 0.255 e. The monoisotopic (exact) mass is 552 g/mol. The van der Waals surface area contributed by atoms with E-state index in [0.717, 1.165) is 66.0 Å². The molecule has 0 radical (unpaired) electrons. The van der Waals surface area contributed by atoms with Gasteiger partial charge < -0.3 is 20.6 Å². The average Bonchev–Trinajstić information content (AvgIpc) is 3.79. The molecule has 7 rings (SSSR count). The summed E-state index contributed by atoms with van der Waals surface area (Å²) >= 11 is 0. The van der Waals surface area contributed by atoms with Gasteiger partial charge >= 0.3 is 0 Å². The van der Waals surface area contributed by atoms with E-state index in [1.165, 1.54) is 19.4 Å². The van der Waals surface area contributed by atoms with Gasteiger partial charge in [0.05, 0.1) is 11.7 Å². The van der Waals surface area contributed by atoms with E-state index < -0.39 is 0 Å². The van der Waals surface area contributed by atoms with Crippen molar-refractivity contribution in [2.45, 2.75) is 68.9 Å². The third-order valence-electron chi connectivity index (χ3n) is 10.4. The number of benzene rings is 3. The first-order valence-corrected chi connectivity index (χ1v) is 15.4. The van der Waals surface area contributed by atoms with Gasteiger partial charge in [0.15, 0.2) is 0 Å². The topological polar surface area (TPSA) is 93.0 Å². The molecule has 0 aromatic heterocycles. The molecular weight excluding hydrogens is 512 g/mol. The molecule has 3 aromatic rings. The van der Waals surface area contributed by atoms with Gasteiger partial charge in [-0.1, -0.05) is 42.5 Å². The first kappa shape index (κ1) is 26.5. The van der Waals surface area contributed by atoms with Crippen LogP contribution in [0.3, 0.4) is 0 Å². The highest BCUT2D eigenvalue weighted by atomic mass is 16.3. The number of fused-ring (bicyclic) bond motifs is 1. The first-order valence-electron chi connectivity index (χ1n) is 15.4. The highest BCUT2D eigenvalue weighted by Gasteiger charge is 2.57. The molecule has 41 heavy (non-hydrogen) atoms. The molecule has 1 aliphatic heterocycles. The van der Waals surface area contributed by atoms with Crippen molar-refractivity contribution in [3.8, 4) is 22.6 Å². The van der Waals surface area contributed by atoms with Crippen LogP contribution in [0.15, 0.2) is 60.7 Å². The van der Waals surface area contributed by atoms with E-state index >= 15 is 0 Å². The fourth-order valence-corrected chi connectivity index (χ4v) is 8.18. The molecule has 6 heteroatoms. The van der Waals surface area contributed by atoms with E-state index in [-0.39, 0.29) is 28.9 Å². The normalized spacial score (nSPS) is 27.1. The largest absolute Gasteiger partial charge is 0.508 e. The Bertz CT molecular complexity index is 1430. The van der Waals surface area contributed by atoms with Gasteiger partial charge in [0, 0.05) is 30.1 Å². The minimum absolute atomic E-state index is 0.131. The molecule has 6 nitrogen and oxygen atoms in total. The number of aromatic hydroxyl groups is 2. The quantitative estimate of drug-likeness (QED) is 0.324. The van der Waals surface area contributed by atoms with Crippen molar-refractivity contribution in [1.82, 2.24) is 10.2 Å². The zero-order chi connectivity index (χ0) is 28.1. The zero-order valence-corrected chi connectivity index (χ0v) is 23.6. The molecule has 214 valence electrons. The number of nitrogens with one attached hydrogen (secondary N) is 1. The van der Waals surface area contributed by atoms with E-state index in [4.69, 9.17) is 0 Å². The SMILES string of the molecule is O=C(NCCc1ccc(-c2ccc(O)cc2)cc1)c1ccc2c(c1O)C13CCN(CC4CC4)C(C2)C1CCC(O)C3. The van der Waals surface area contributed by atoms with Crippen LogP contribution in [0, 0.1) is 11.8 Å². The highest BCUT2D eigenvalue weighted by molar-refractivity contribution is 5.97. The lowest BCUT2D eigenvalue weighted by Gasteiger charge is -2.60. The van der Waals surface area contributed by atoms with E-state index in [9.17, 15) is 20.1 Å². The van der Waals surface area contributed by atoms with Gasteiger partial charge in [0.1, 0.15) is 11.5 Å². The Morgan fingerprint density at radius 1 is 0.927 bits per heavy atom. The Labute approximate surface area is 242 Å². The summed E-state index contributed by atoms with van der Waals surface area (Å²) in [7, 11) is 0. The molecule has 4 aliphatic rings. The Morgan fingerprint density at radius 2 is 1.66 bits per heavy atom. The molecule has 2 saturated carbocycles. The molecule has 0 spiro atoms. The smallest absolute Gasteiger partial charge is 0.255 e. The lowest BCUT2D eigenvalue weighted by molar-refractivity contribution is -0.0502. The first-order chi connectivity index (χ1) is 19.9. The molecule has 3 fully saturated rings. The lowest BCUT2D eigenvalue weighted by atomic mass is 9.51. The summed E-state index contributed by atoms with van der Waals surface area (Å²) in [4.78, 5) is 16.0. The number of rotatable bonds is 7. The van der Waals surface area contributed by atoms with Gasteiger partial charge in [-0.25, -0.2) is 0 Å². The van der Waals surface area contributed by atoms with Crippen LogP contribution in [0.1, 0.15) is 65.6 Å². The molecule has 1 saturated heterocycles. The highest BCUT2D eigenvalue weighted by Crippen LogP contribution is 2.58. The van der Waals surface area contributed by atoms with Crippen molar-refractivity contribution >= 4 is 5.91 Å². The van der Waals surface area contributed by atoms with Gasteiger partial charge in [-0.2, -0.15) is 0 Å². The third kappa shape index (κ3) is 4.91. The molecule has 4 atom stereocenters. The third-order valence-corrected chi connectivity index (χ3v) is 10.4. The fourth-order valence-electron chi connectivity index (χ4n) is 8.18. The van der Waals surface area contributed by atoms with Gasteiger partial charge in [-0.05, 0) is 110 Å². The molecule has 3 aromatic carbocycles. The van der Waals surface area contributed by atoms with E-state index in [0.29, 0.717) is 36.9 Å². The summed E-state index contributed by atoms with van der Waals surface area (Å²) in [6.07, 6.45) is 7.35. The summed E-state index contributed by atoms with van der Waals surface area (Å²) in [6, 6.07) is 19.7. The zero-order valence-electron chi connectivity index (χ0n) is 23.6. The number of phenolic OH excluding ortho intramolecular Hbond substituents is 2. The van der Waals surface area contributed by atoms with Crippen LogP contribution in [0.5, 0.6) is 11.5 Å². The predicted octanol–water partition coefficient (Wildman–Crippen LogP) is 5.18. The second kappa shape index (κ2) is 10.5. The van der Waals surface area contributed by atoms with Crippen molar-refractivity contribution in [2.24, 2.45) is 11.8 Å². The van der Waals surface area contributed by atoms with Crippen LogP contribution >= 0.6 is 0 Å². The number of likely N-dealkylation sites (tertiary alicyclic amines) is 1. The summed E-state index contributed by atoms with van der Waals surface area (Å²) in [5.74, 6) is 1.39. The van der Waals surface area contributed by atoms with Crippen LogP contribution in [0.4, 0.5) is 0 Å². The number of amides is 1. The molecule has 3 aliphatic carbocycles. The average molecular weight is 553 g/mol. The number of carbonyl (C=O) groups excluding carboxylic acids is 1. The second-order valence-electron chi connectivity index (χ2n) is 12.9. The maximum atomic E-state index is 13.3. The van der Waals surface area contributed by atoms with E-state index in [1.807, 2.05) is 12.1 Å².